The third-order valence-corrected chi connectivity index (χ3v) is 3.48. The van der Waals surface area contributed by atoms with E-state index in [1.807, 2.05) is 21.0 Å². The van der Waals surface area contributed by atoms with Crippen LogP contribution in [0.3, 0.4) is 0 Å². The van der Waals surface area contributed by atoms with Crippen molar-refractivity contribution < 1.29 is 0 Å². The monoisotopic (exact) mass is 260 g/mol. The maximum Gasteiger partial charge on any atom is 0.114 e. The van der Waals surface area contributed by atoms with Crippen molar-refractivity contribution in [2.24, 2.45) is 0 Å². The molecule has 0 bridgehead atoms. The minimum Gasteiger partial charge on any atom is -0.309 e. The van der Waals surface area contributed by atoms with Gasteiger partial charge in [0.2, 0.25) is 0 Å². The van der Waals surface area contributed by atoms with E-state index in [0.717, 1.165) is 22.9 Å². The summed E-state index contributed by atoms with van der Waals surface area (Å²) in [5.41, 5.74) is 1.87. The normalized spacial score (nSPS) is 10.1. The van der Waals surface area contributed by atoms with Crippen molar-refractivity contribution in [3.05, 3.63) is 22.9 Å². The van der Waals surface area contributed by atoms with Crippen LogP contribution in [-0.2, 0) is 6.42 Å². The van der Waals surface area contributed by atoms with E-state index in [1.165, 1.54) is 0 Å². The van der Waals surface area contributed by atoms with Crippen molar-refractivity contribution in [3.63, 3.8) is 0 Å². The Morgan fingerprint density at radius 2 is 2.06 bits per heavy atom. The molecule has 4 nitrogen and oxygen atoms in total. The first-order valence-electron chi connectivity index (χ1n) is 5.73. The predicted octanol–water partition coefficient (Wildman–Crippen LogP) is 2.04. The third-order valence-electron chi connectivity index (χ3n) is 2.51. The summed E-state index contributed by atoms with van der Waals surface area (Å²) < 4.78 is 0. The standard InChI is InChI=1S/C13H16N4S/c1-4-11-10(7-14)9-16-13(12(11)8-15)18-6-5-17(2)3/h9H,4-6H2,1-3H3. The van der Waals surface area contributed by atoms with E-state index in [4.69, 9.17) is 5.26 Å². The zero-order valence-electron chi connectivity index (χ0n) is 10.9. The number of nitrogens with zero attached hydrogens (tertiary/aromatic N) is 4. The molecular formula is C13H16N4S. The fourth-order valence-corrected chi connectivity index (χ4v) is 2.63. The van der Waals surface area contributed by atoms with Crippen LogP contribution in [0.1, 0.15) is 23.6 Å². The van der Waals surface area contributed by atoms with Crippen molar-refractivity contribution in [3.8, 4) is 12.1 Å². The van der Waals surface area contributed by atoms with Crippen molar-refractivity contribution in [1.29, 1.82) is 10.5 Å². The molecule has 0 radical (unpaired) electrons. The molecule has 0 aliphatic carbocycles. The second-order valence-electron chi connectivity index (χ2n) is 4.06. The van der Waals surface area contributed by atoms with Crippen LogP contribution in [-0.4, -0.2) is 36.3 Å². The molecule has 0 aromatic carbocycles. The number of pyridine rings is 1. The second kappa shape index (κ2) is 7.00. The van der Waals surface area contributed by atoms with Crippen LogP contribution in [0.15, 0.2) is 11.2 Å². The lowest BCUT2D eigenvalue weighted by Gasteiger charge is -2.11. The fraction of sp³-hybridized carbons (Fsp3) is 0.462. The van der Waals surface area contributed by atoms with E-state index >= 15 is 0 Å². The number of thioether (sulfide) groups is 1. The summed E-state index contributed by atoms with van der Waals surface area (Å²) >= 11 is 1.56. The van der Waals surface area contributed by atoms with Gasteiger partial charge in [-0.05, 0) is 26.1 Å². The SMILES string of the molecule is CCc1c(C#N)cnc(SCCN(C)C)c1C#N. The van der Waals surface area contributed by atoms with Crippen LogP contribution >= 0.6 is 11.8 Å². The molecule has 1 heterocycles. The Bertz CT molecular complexity index is 497. The van der Waals surface area contributed by atoms with Gasteiger partial charge in [0.05, 0.1) is 11.1 Å². The highest BCUT2D eigenvalue weighted by atomic mass is 32.2. The van der Waals surface area contributed by atoms with Gasteiger partial charge in [0, 0.05) is 18.5 Å². The highest BCUT2D eigenvalue weighted by molar-refractivity contribution is 7.99. The fourth-order valence-electron chi connectivity index (χ4n) is 1.54. The minimum absolute atomic E-state index is 0.506. The molecule has 18 heavy (non-hydrogen) atoms. The van der Waals surface area contributed by atoms with Gasteiger partial charge in [-0.25, -0.2) is 4.98 Å². The molecule has 0 aliphatic rings. The summed E-state index contributed by atoms with van der Waals surface area (Å²) in [6.07, 6.45) is 2.24. The maximum atomic E-state index is 9.24. The first-order valence-corrected chi connectivity index (χ1v) is 6.72. The molecule has 0 unspecified atom stereocenters. The Morgan fingerprint density at radius 1 is 1.33 bits per heavy atom. The number of hydrogen-bond donors (Lipinski definition) is 0. The van der Waals surface area contributed by atoms with Crippen molar-refractivity contribution >= 4 is 11.8 Å². The summed E-state index contributed by atoms with van der Waals surface area (Å²) in [6, 6.07) is 4.27. The summed E-state index contributed by atoms with van der Waals surface area (Å²) in [6.45, 7) is 2.88. The molecule has 0 spiro atoms. The Hall–Kier alpha value is -1.56. The molecule has 0 atom stereocenters. The lowest BCUT2D eigenvalue weighted by Crippen LogP contribution is -2.15. The molecule has 0 N–H and O–H groups in total. The van der Waals surface area contributed by atoms with E-state index < -0.39 is 0 Å². The smallest absolute Gasteiger partial charge is 0.114 e. The first kappa shape index (κ1) is 14.5. The highest BCUT2D eigenvalue weighted by Gasteiger charge is 2.13. The average Bonchev–Trinajstić information content (AvgIpc) is 2.37. The maximum absolute atomic E-state index is 9.24. The molecule has 1 aromatic heterocycles. The summed E-state index contributed by atoms with van der Waals surface area (Å²) in [5.74, 6) is 0.879. The van der Waals surface area contributed by atoms with Crippen LogP contribution in [0.2, 0.25) is 0 Å². The number of rotatable bonds is 5. The lowest BCUT2D eigenvalue weighted by atomic mass is 10.0. The van der Waals surface area contributed by atoms with Gasteiger partial charge in [0.1, 0.15) is 17.2 Å². The van der Waals surface area contributed by atoms with Crippen LogP contribution in [0.5, 0.6) is 0 Å². The van der Waals surface area contributed by atoms with Crippen LogP contribution in [0.25, 0.3) is 0 Å². The van der Waals surface area contributed by atoms with Gasteiger partial charge in [0.15, 0.2) is 0 Å². The van der Waals surface area contributed by atoms with E-state index in [9.17, 15) is 5.26 Å². The summed E-state index contributed by atoms with van der Waals surface area (Å²) in [5, 5.41) is 19.0. The van der Waals surface area contributed by atoms with Gasteiger partial charge in [-0.1, -0.05) is 6.92 Å². The molecule has 1 rings (SSSR count). The molecule has 0 saturated carbocycles. The van der Waals surface area contributed by atoms with Crippen molar-refractivity contribution in [2.45, 2.75) is 18.4 Å². The average molecular weight is 260 g/mol. The van der Waals surface area contributed by atoms with E-state index in [1.54, 1.807) is 18.0 Å². The zero-order valence-corrected chi connectivity index (χ0v) is 11.7. The zero-order chi connectivity index (χ0) is 13.5. The number of aromatic nitrogens is 1. The number of nitriles is 2. The van der Waals surface area contributed by atoms with E-state index in [0.29, 0.717) is 17.5 Å². The van der Waals surface area contributed by atoms with Gasteiger partial charge < -0.3 is 4.90 Å². The Morgan fingerprint density at radius 3 is 2.56 bits per heavy atom. The largest absolute Gasteiger partial charge is 0.309 e. The van der Waals surface area contributed by atoms with Crippen LogP contribution < -0.4 is 0 Å². The molecule has 94 valence electrons. The number of hydrogen-bond acceptors (Lipinski definition) is 5. The molecule has 0 fully saturated rings. The van der Waals surface area contributed by atoms with E-state index in [-0.39, 0.29) is 0 Å². The molecular weight excluding hydrogens is 244 g/mol. The van der Waals surface area contributed by atoms with Crippen LogP contribution in [0, 0.1) is 22.7 Å². The van der Waals surface area contributed by atoms with Gasteiger partial charge in [0.25, 0.3) is 0 Å². The quantitative estimate of drug-likeness (QED) is 0.758. The molecule has 0 saturated heterocycles. The van der Waals surface area contributed by atoms with Gasteiger partial charge in [-0.2, -0.15) is 10.5 Å². The topological polar surface area (TPSA) is 63.7 Å². The van der Waals surface area contributed by atoms with Crippen molar-refractivity contribution in [2.75, 3.05) is 26.4 Å². The minimum atomic E-state index is 0.506. The summed E-state index contributed by atoms with van der Waals surface area (Å²) in [7, 11) is 4.02. The van der Waals surface area contributed by atoms with Gasteiger partial charge >= 0.3 is 0 Å². The first-order chi connectivity index (χ1) is 8.63. The third kappa shape index (κ3) is 3.46. The molecule has 0 amide bonds. The van der Waals surface area contributed by atoms with Crippen LogP contribution in [0.4, 0.5) is 0 Å². The highest BCUT2D eigenvalue weighted by Crippen LogP contribution is 2.25. The Kier molecular flexibility index (Phi) is 5.64. The van der Waals surface area contributed by atoms with Gasteiger partial charge in [-0.3, -0.25) is 0 Å². The van der Waals surface area contributed by atoms with E-state index in [2.05, 4.69) is 22.0 Å². The summed E-state index contributed by atoms with van der Waals surface area (Å²) in [4.78, 5) is 6.31. The molecule has 0 aliphatic heterocycles. The lowest BCUT2D eigenvalue weighted by molar-refractivity contribution is 0.437. The van der Waals surface area contributed by atoms with Crippen molar-refractivity contribution in [1.82, 2.24) is 9.88 Å². The Balaban J connectivity index is 3.00. The second-order valence-corrected chi connectivity index (χ2v) is 5.14. The molecule has 5 heteroatoms. The Labute approximate surface area is 112 Å². The predicted molar refractivity (Wildman–Crippen MR) is 72.3 cm³/mol. The van der Waals surface area contributed by atoms with Gasteiger partial charge in [-0.15, -0.1) is 11.8 Å². The molecule has 1 aromatic rings.